The molecule has 0 saturated heterocycles. The standard InChI is InChI=1S/C19H26N4O/c24-19-16(13-20-14-7-1-2-8-14)18(21-15-9-3-4-10-15)22-17-11-5-6-12-23(17)19/h5-6,11-12,14-15,20-21H,1-4,7-10,13H2. The zero-order valence-electron chi connectivity index (χ0n) is 14.1. The minimum absolute atomic E-state index is 0.0478. The van der Waals surface area contributed by atoms with Crippen molar-refractivity contribution in [3.8, 4) is 0 Å². The Morgan fingerprint density at radius 1 is 1.04 bits per heavy atom. The van der Waals surface area contributed by atoms with E-state index in [-0.39, 0.29) is 5.56 Å². The van der Waals surface area contributed by atoms with Gasteiger partial charge in [0.25, 0.3) is 5.56 Å². The number of fused-ring (bicyclic) bond motifs is 1. The molecule has 2 aromatic heterocycles. The molecule has 0 amide bonds. The molecule has 0 aromatic carbocycles. The largest absolute Gasteiger partial charge is 0.367 e. The van der Waals surface area contributed by atoms with Gasteiger partial charge in [-0.1, -0.05) is 31.7 Å². The van der Waals surface area contributed by atoms with Gasteiger partial charge < -0.3 is 10.6 Å². The van der Waals surface area contributed by atoms with Gasteiger partial charge in [-0.3, -0.25) is 9.20 Å². The Hall–Kier alpha value is -1.88. The molecule has 0 bridgehead atoms. The molecule has 128 valence electrons. The van der Waals surface area contributed by atoms with Gasteiger partial charge in [0.15, 0.2) is 0 Å². The molecule has 0 unspecified atom stereocenters. The van der Waals surface area contributed by atoms with Crippen molar-refractivity contribution in [1.29, 1.82) is 0 Å². The van der Waals surface area contributed by atoms with Crippen molar-refractivity contribution in [2.24, 2.45) is 0 Å². The first kappa shape index (κ1) is 15.6. The lowest BCUT2D eigenvalue weighted by Crippen LogP contribution is -2.32. The van der Waals surface area contributed by atoms with E-state index < -0.39 is 0 Å². The highest BCUT2D eigenvalue weighted by molar-refractivity contribution is 5.52. The van der Waals surface area contributed by atoms with Crippen LogP contribution >= 0.6 is 0 Å². The molecular formula is C19H26N4O. The Morgan fingerprint density at radius 2 is 1.75 bits per heavy atom. The predicted octanol–water partition coefficient (Wildman–Crippen LogP) is 3.08. The number of anilines is 1. The van der Waals surface area contributed by atoms with Crippen LogP contribution in [-0.4, -0.2) is 21.5 Å². The molecule has 0 spiro atoms. The van der Waals surface area contributed by atoms with Crippen LogP contribution < -0.4 is 16.2 Å². The van der Waals surface area contributed by atoms with Gasteiger partial charge in [0.1, 0.15) is 11.5 Å². The summed E-state index contributed by atoms with van der Waals surface area (Å²) in [5, 5.41) is 7.13. The van der Waals surface area contributed by atoms with Gasteiger partial charge in [0, 0.05) is 24.8 Å². The zero-order valence-corrected chi connectivity index (χ0v) is 14.1. The van der Waals surface area contributed by atoms with Crippen molar-refractivity contribution < 1.29 is 0 Å². The van der Waals surface area contributed by atoms with Gasteiger partial charge in [-0.25, -0.2) is 4.98 Å². The van der Waals surface area contributed by atoms with Gasteiger partial charge >= 0.3 is 0 Å². The molecule has 2 N–H and O–H groups in total. The van der Waals surface area contributed by atoms with Gasteiger partial charge in [-0.2, -0.15) is 0 Å². The van der Waals surface area contributed by atoms with Crippen molar-refractivity contribution in [2.75, 3.05) is 5.32 Å². The van der Waals surface area contributed by atoms with E-state index in [1.807, 2.05) is 24.4 Å². The fourth-order valence-electron chi connectivity index (χ4n) is 4.04. The van der Waals surface area contributed by atoms with Crippen LogP contribution in [0.2, 0.25) is 0 Å². The van der Waals surface area contributed by atoms with E-state index in [0.717, 1.165) is 11.4 Å². The minimum atomic E-state index is 0.0478. The first-order valence-corrected chi connectivity index (χ1v) is 9.31. The Morgan fingerprint density at radius 3 is 2.50 bits per heavy atom. The molecule has 5 heteroatoms. The maximum absolute atomic E-state index is 13.0. The van der Waals surface area contributed by atoms with Gasteiger partial charge in [-0.15, -0.1) is 0 Å². The molecule has 0 aliphatic heterocycles. The maximum atomic E-state index is 13.0. The summed E-state index contributed by atoms with van der Waals surface area (Å²) >= 11 is 0. The van der Waals surface area contributed by atoms with Crippen LogP contribution in [-0.2, 0) is 6.54 Å². The van der Waals surface area contributed by atoms with Gasteiger partial charge in [0.05, 0.1) is 5.56 Å². The van der Waals surface area contributed by atoms with Crippen LogP contribution in [0, 0.1) is 0 Å². The smallest absolute Gasteiger partial charge is 0.264 e. The molecule has 2 aliphatic carbocycles. The molecule has 0 radical (unpaired) electrons. The summed E-state index contributed by atoms with van der Waals surface area (Å²) in [7, 11) is 0. The first-order chi connectivity index (χ1) is 11.8. The lowest BCUT2D eigenvalue weighted by molar-refractivity contribution is 0.521. The Balaban J connectivity index is 1.66. The second-order valence-corrected chi connectivity index (χ2v) is 7.16. The van der Waals surface area contributed by atoms with Gasteiger partial charge in [-0.05, 0) is 37.8 Å². The Kier molecular flexibility index (Phi) is 4.52. The van der Waals surface area contributed by atoms with E-state index in [0.29, 0.717) is 24.3 Å². The lowest BCUT2D eigenvalue weighted by Gasteiger charge is -2.18. The van der Waals surface area contributed by atoms with Crippen LogP contribution in [0.1, 0.15) is 56.9 Å². The number of rotatable bonds is 5. The summed E-state index contributed by atoms with van der Waals surface area (Å²) in [5.74, 6) is 0.781. The molecule has 24 heavy (non-hydrogen) atoms. The van der Waals surface area contributed by atoms with Crippen LogP contribution in [0.15, 0.2) is 29.2 Å². The number of hydrogen-bond donors (Lipinski definition) is 2. The van der Waals surface area contributed by atoms with Gasteiger partial charge in [0.2, 0.25) is 0 Å². The highest BCUT2D eigenvalue weighted by Gasteiger charge is 2.21. The normalized spacial score (nSPS) is 19.3. The highest BCUT2D eigenvalue weighted by atomic mass is 16.1. The molecule has 2 aliphatic rings. The quantitative estimate of drug-likeness (QED) is 0.886. The van der Waals surface area contributed by atoms with Crippen LogP contribution in [0.25, 0.3) is 5.65 Å². The van der Waals surface area contributed by atoms with Crippen molar-refractivity contribution in [2.45, 2.75) is 70.0 Å². The first-order valence-electron chi connectivity index (χ1n) is 9.31. The van der Waals surface area contributed by atoms with Crippen molar-refractivity contribution >= 4 is 11.5 Å². The number of nitrogens with zero attached hydrogens (tertiary/aromatic N) is 2. The number of hydrogen-bond acceptors (Lipinski definition) is 4. The van der Waals surface area contributed by atoms with Crippen LogP contribution in [0.4, 0.5) is 5.82 Å². The topological polar surface area (TPSA) is 58.4 Å². The number of aromatic nitrogens is 2. The Labute approximate surface area is 142 Å². The summed E-state index contributed by atoms with van der Waals surface area (Å²) < 4.78 is 1.66. The van der Waals surface area contributed by atoms with Crippen molar-refractivity contribution in [3.05, 3.63) is 40.3 Å². The molecule has 2 heterocycles. The third-order valence-electron chi connectivity index (χ3n) is 5.45. The Bertz CT molecular complexity index is 758. The molecular weight excluding hydrogens is 300 g/mol. The van der Waals surface area contributed by atoms with Crippen molar-refractivity contribution in [1.82, 2.24) is 14.7 Å². The number of nitrogens with one attached hydrogen (secondary N) is 2. The fourth-order valence-corrected chi connectivity index (χ4v) is 4.04. The van der Waals surface area contributed by atoms with E-state index in [2.05, 4.69) is 10.6 Å². The highest BCUT2D eigenvalue weighted by Crippen LogP contribution is 2.23. The van der Waals surface area contributed by atoms with E-state index >= 15 is 0 Å². The summed E-state index contributed by atoms with van der Waals surface area (Å²) in [6, 6.07) is 6.70. The molecule has 2 saturated carbocycles. The average molecular weight is 326 g/mol. The third-order valence-corrected chi connectivity index (χ3v) is 5.45. The van der Waals surface area contributed by atoms with Crippen LogP contribution in [0.5, 0.6) is 0 Å². The number of pyridine rings is 1. The minimum Gasteiger partial charge on any atom is -0.367 e. The summed E-state index contributed by atoms with van der Waals surface area (Å²) in [6.07, 6.45) is 11.7. The lowest BCUT2D eigenvalue weighted by atomic mass is 10.2. The maximum Gasteiger partial charge on any atom is 0.264 e. The predicted molar refractivity (Wildman–Crippen MR) is 96.4 cm³/mol. The molecule has 4 rings (SSSR count). The van der Waals surface area contributed by atoms with E-state index in [9.17, 15) is 4.79 Å². The SMILES string of the molecule is O=c1c(CNC2CCCC2)c(NC2CCCC2)nc2ccccn12. The molecule has 2 fully saturated rings. The molecule has 5 nitrogen and oxygen atoms in total. The summed E-state index contributed by atoms with van der Waals surface area (Å²) in [5.41, 5.74) is 1.54. The zero-order chi connectivity index (χ0) is 16.4. The molecule has 0 atom stereocenters. The second kappa shape index (κ2) is 6.93. The summed E-state index contributed by atoms with van der Waals surface area (Å²) in [6.45, 7) is 0.601. The average Bonchev–Trinajstić information content (AvgIpc) is 3.28. The second-order valence-electron chi connectivity index (χ2n) is 7.16. The third kappa shape index (κ3) is 3.18. The molecule has 2 aromatic rings. The summed E-state index contributed by atoms with van der Waals surface area (Å²) in [4.78, 5) is 17.7. The van der Waals surface area contributed by atoms with Crippen molar-refractivity contribution in [3.63, 3.8) is 0 Å². The van der Waals surface area contributed by atoms with E-state index in [1.165, 1.54) is 51.4 Å². The van der Waals surface area contributed by atoms with E-state index in [1.54, 1.807) is 4.40 Å². The van der Waals surface area contributed by atoms with Crippen LogP contribution in [0.3, 0.4) is 0 Å². The fraction of sp³-hybridized carbons (Fsp3) is 0.579. The van der Waals surface area contributed by atoms with E-state index in [4.69, 9.17) is 4.98 Å². The monoisotopic (exact) mass is 326 g/mol.